The Hall–Kier alpha value is -3.02. The van der Waals surface area contributed by atoms with Crippen molar-refractivity contribution in [1.82, 2.24) is 4.98 Å². The molecule has 3 aromatic carbocycles. The van der Waals surface area contributed by atoms with E-state index in [1.807, 2.05) is 31.2 Å². The lowest BCUT2D eigenvalue weighted by atomic mass is 9.98. The summed E-state index contributed by atoms with van der Waals surface area (Å²) in [5, 5.41) is 3.78. The number of carbonyl (C=O) groups excluding carboxylic acids is 1. The van der Waals surface area contributed by atoms with Gasteiger partial charge in [-0.15, -0.1) is 0 Å². The van der Waals surface area contributed by atoms with E-state index in [-0.39, 0.29) is 5.91 Å². The molecule has 1 heterocycles. The van der Waals surface area contributed by atoms with Gasteiger partial charge in [0.1, 0.15) is 11.3 Å². The molecule has 0 bridgehead atoms. The number of nitrogens with zero attached hydrogens (tertiary/aromatic N) is 1. The number of oxazole rings is 1. The van der Waals surface area contributed by atoms with Crippen molar-refractivity contribution in [2.45, 2.75) is 46.1 Å². The smallest absolute Gasteiger partial charge is 0.265 e. The summed E-state index contributed by atoms with van der Waals surface area (Å²) in [5.41, 5.74) is 5.13. The molecule has 0 aliphatic carbocycles. The van der Waals surface area contributed by atoms with Crippen LogP contribution in [0.4, 0.5) is 5.69 Å². The minimum atomic E-state index is -0.773. The first-order chi connectivity index (χ1) is 16.2. The van der Waals surface area contributed by atoms with E-state index in [4.69, 9.17) is 32.4 Å². The fraction of sp³-hybridized carbons (Fsp3) is 0.259. The number of halogens is 2. The Labute approximate surface area is 209 Å². The van der Waals surface area contributed by atoms with E-state index in [1.54, 1.807) is 25.1 Å². The van der Waals surface area contributed by atoms with Gasteiger partial charge in [-0.1, -0.05) is 49.2 Å². The van der Waals surface area contributed by atoms with E-state index in [9.17, 15) is 4.79 Å². The van der Waals surface area contributed by atoms with Crippen molar-refractivity contribution in [3.05, 3.63) is 75.8 Å². The average molecular weight is 497 g/mol. The summed E-state index contributed by atoms with van der Waals surface area (Å²) >= 11 is 12.1. The predicted octanol–water partition coefficient (Wildman–Crippen LogP) is 8.03. The summed E-state index contributed by atoms with van der Waals surface area (Å²) in [4.78, 5) is 17.5. The van der Waals surface area contributed by atoms with Crippen LogP contribution in [0.25, 0.3) is 22.6 Å². The topological polar surface area (TPSA) is 64.4 Å². The van der Waals surface area contributed by atoms with Gasteiger partial charge in [-0.25, -0.2) is 4.98 Å². The minimum Gasteiger partial charge on any atom is -0.479 e. The molecule has 176 valence electrons. The first-order valence-electron chi connectivity index (χ1n) is 11.2. The fourth-order valence-electron chi connectivity index (χ4n) is 3.55. The van der Waals surface area contributed by atoms with Crippen molar-refractivity contribution in [2.24, 2.45) is 0 Å². The first-order valence-corrected chi connectivity index (χ1v) is 11.9. The van der Waals surface area contributed by atoms with Crippen LogP contribution in [0.15, 0.2) is 59.0 Å². The summed E-state index contributed by atoms with van der Waals surface area (Å²) in [6.07, 6.45) is 0.286. The second-order valence-electron chi connectivity index (χ2n) is 8.41. The van der Waals surface area contributed by atoms with Gasteiger partial charge in [-0.05, 0) is 79.8 Å². The van der Waals surface area contributed by atoms with Crippen molar-refractivity contribution in [3.8, 4) is 17.2 Å². The van der Waals surface area contributed by atoms with Gasteiger partial charge >= 0.3 is 0 Å². The molecule has 0 radical (unpaired) electrons. The number of ether oxygens (including phenoxy) is 1. The Morgan fingerprint density at radius 3 is 2.62 bits per heavy atom. The highest BCUT2D eigenvalue weighted by molar-refractivity contribution is 6.35. The highest BCUT2D eigenvalue weighted by Gasteiger charge is 2.18. The number of benzene rings is 3. The van der Waals surface area contributed by atoms with Crippen LogP contribution < -0.4 is 10.1 Å². The van der Waals surface area contributed by atoms with Crippen LogP contribution in [-0.2, 0) is 4.79 Å². The highest BCUT2D eigenvalue weighted by Crippen LogP contribution is 2.31. The molecule has 1 amide bonds. The molecular formula is C27H26Cl2N2O3. The van der Waals surface area contributed by atoms with Crippen LogP contribution in [0.1, 0.15) is 44.2 Å². The van der Waals surface area contributed by atoms with Crippen LogP contribution in [0.2, 0.25) is 10.0 Å². The number of amides is 1. The second-order valence-corrected chi connectivity index (χ2v) is 9.25. The third-order valence-electron chi connectivity index (χ3n) is 5.90. The molecule has 0 fully saturated rings. The Balaban J connectivity index is 1.54. The van der Waals surface area contributed by atoms with Gasteiger partial charge in [-0.2, -0.15) is 0 Å². The number of hydrogen-bond acceptors (Lipinski definition) is 4. The lowest BCUT2D eigenvalue weighted by Crippen LogP contribution is -2.30. The quantitative estimate of drug-likeness (QED) is 0.281. The SMILES string of the molecule is CCC(C)c1ccc2oc(-c3ccc(C)c(NC(=O)C(C)Oc4ccc(Cl)cc4Cl)c3)nc2c1. The standard InChI is InChI=1S/C27H26Cl2N2O3/c1-5-15(2)18-8-10-25-23(12-18)31-27(34-25)19-7-6-16(3)22(13-19)30-26(32)17(4)33-24-11-9-20(28)14-21(24)29/h6-15,17H,5H2,1-4H3,(H,30,32). The van der Waals surface area contributed by atoms with Gasteiger partial charge in [0.15, 0.2) is 11.7 Å². The number of nitrogens with one attached hydrogen (secondary N) is 1. The van der Waals surface area contributed by atoms with Gasteiger partial charge in [0.05, 0.1) is 5.02 Å². The lowest BCUT2D eigenvalue weighted by molar-refractivity contribution is -0.122. The van der Waals surface area contributed by atoms with Crippen molar-refractivity contribution in [2.75, 3.05) is 5.32 Å². The van der Waals surface area contributed by atoms with Gasteiger partial charge in [0.2, 0.25) is 5.89 Å². The van der Waals surface area contributed by atoms with Gasteiger partial charge in [0, 0.05) is 16.3 Å². The normalized spacial score (nSPS) is 13.0. The summed E-state index contributed by atoms with van der Waals surface area (Å²) in [7, 11) is 0. The molecule has 5 nitrogen and oxygen atoms in total. The van der Waals surface area contributed by atoms with E-state index < -0.39 is 6.10 Å². The molecule has 0 saturated heterocycles. The Bertz CT molecular complexity index is 1350. The first kappa shape index (κ1) is 24.1. The minimum absolute atomic E-state index is 0.304. The van der Waals surface area contributed by atoms with Crippen LogP contribution >= 0.6 is 23.2 Å². The van der Waals surface area contributed by atoms with Crippen LogP contribution in [0, 0.1) is 6.92 Å². The molecule has 1 N–H and O–H groups in total. The maximum Gasteiger partial charge on any atom is 0.265 e. The Morgan fingerprint density at radius 1 is 1.09 bits per heavy atom. The van der Waals surface area contributed by atoms with Crippen molar-refractivity contribution in [1.29, 1.82) is 0 Å². The molecule has 0 aliphatic heterocycles. The summed E-state index contributed by atoms with van der Waals surface area (Å²) in [6.45, 7) is 7.95. The van der Waals surface area contributed by atoms with E-state index >= 15 is 0 Å². The number of fused-ring (bicyclic) bond motifs is 1. The number of carbonyl (C=O) groups is 1. The predicted molar refractivity (Wildman–Crippen MR) is 138 cm³/mol. The summed E-state index contributed by atoms with van der Waals surface area (Å²) in [5.74, 6) is 1.05. The monoisotopic (exact) mass is 496 g/mol. The van der Waals surface area contributed by atoms with Crippen LogP contribution in [0.3, 0.4) is 0 Å². The molecule has 4 aromatic rings. The van der Waals surface area contributed by atoms with Crippen molar-refractivity contribution >= 4 is 45.9 Å². The summed E-state index contributed by atoms with van der Waals surface area (Å²) in [6, 6.07) is 16.7. The van der Waals surface area contributed by atoms with E-state index in [2.05, 4.69) is 36.3 Å². The van der Waals surface area contributed by atoms with E-state index in [0.717, 1.165) is 28.6 Å². The maximum absolute atomic E-state index is 12.8. The number of anilines is 1. The Kier molecular flexibility index (Phi) is 7.15. The number of aromatic nitrogens is 1. The van der Waals surface area contributed by atoms with Crippen molar-refractivity contribution < 1.29 is 13.9 Å². The molecule has 0 aliphatic rings. The molecular weight excluding hydrogens is 471 g/mol. The second kappa shape index (κ2) is 10.1. The molecule has 0 saturated carbocycles. The molecule has 4 rings (SSSR count). The fourth-order valence-corrected chi connectivity index (χ4v) is 4.00. The van der Waals surface area contributed by atoms with Gasteiger partial charge in [-0.3, -0.25) is 4.79 Å². The molecule has 2 unspecified atom stereocenters. The largest absolute Gasteiger partial charge is 0.479 e. The zero-order chi connectivity index (χ0) is 24.4. The highest BCUT2D eigenvalue weighted by atomic mass is 35.5. The molecule has 2 atom stereocenters. The molecule has 0 spiro atoms. The molecule has 7 heteroatoms. The zero-order valence-corrected chi connectivity index (χ0v) is 21.0. The zero-order valence-electron chi connectivity index (χ0n) is 19.5. The third-order valence-corrected chi connectivity index (χ3v) is 6.43. The van der Waals surface area contributed by atoms with Crippen molar-refractivity contribution in [3.63, 3.8) is 0 Å². The average Bonchev–Trinajstić information content (AvgIpc) is 3.25. The van der Waals surface area contributed by atoms with E-state index in [1.165, 1.54) is 5.56 Å². The van der Waals surface area contributed by atoms with Crippen LogP contribution in [-0.4, -0.2) is 17.0 Å². The molecule has 34 heavy (non-hydrogen) atoms. The Morgan fingerprint density at radius 2 is 1.88 bits per heavy atom. The van der Waals surface area contributed by atoms with Crippen LogP contribution in [0.5, 0.6) is 5.75 Å². The lowest BCUT2D eigenvalue weighted by Gasteiger charge is -2.17. The number of aryl methyl sites for hydroxylation is 1. The van der Waals surface area contributed by atoms with Gasteiger partial charge < -0.3 is 14.5 Å². The van der Waals surface area contributed by atoms with Gasteiger partial charge in [0.25, 0.3) is 5.91 Å². The number of rotatable bonds is 7. The molecule has 1 aromatic heterocycles. The summed E-state index contributed by atoms with van der Waals surface area (Å²) < 4.78 is 11.7. The number of hydrogen-bond donors (Lipinski definition) is 1. The maximum atomic E-state index is 12.8. The third kappa shape index (κ3) is 5.21. The van der Waals surface area contributed by atoms with E-state index in [0.29, 0.717) is 33.3 Å².